The minimum absolute atomic E-state index is 0.0520. The number of carbonyl (C=O) groups excluding carboxylic acids is 1. The minimum atomic E-state index is -0.235. The van der Waals surface area contributed by atoms with Crippen LogP contribution < -0.4 is 5.73 Å². The molecule has 3 N–H and O–H groups in total. The molecule has 0 spiro atoms. The van der Waals surface area contributed by atoms with Crippen molar-refractivity contribution >= 4 is 5.78 Å². The van der Waals surface area contributed by atoms with Crippen LogP contribution in [0, 0.1) is 17.3 Å². The Hall–Kier alpha value is -0.410. The molecule has 3 heteroatoms. The molecule has 18 heavy (non-hydrogen) atoms. The molecule has 0 aliphatic heterocycles. The van der Waals surface area contributed by atoms with Crippen LogP contribution >= 0.6 is 0 Å². The molecule has 3 nitrogen and oxygen atoms in total. The fourth-order valence-corrected chi connectivity index (χ4v) is 2.87. The summed E-state index contributed by atoms with van der Waals surface area (Å²) in [4.78, 5) is 12.2. The van der Waals surface area contributed by atoms with Gasteiger partial charge in [0.25, 0.3) is 0 Å². The lowest BCUT2D eigenvalue weighted by Gasteiger charge is -2.34. The molecule has 1 aliphatic carbocycles. The highest BCUT2D eigenvalue weighted by Crippen LogP contribution is 2.36. The van der Waals surface area contributed by atoms with E-state index in [-0.39, 0.29) is 18.1 Å². The molecule has 0 saturated heterocycles. The zero-order valence-electron chi connectivity index (χ0n) is 12.1. The van der Waals surface area contributed by atoms with Gasteiger partial charge in [-0.25, -0.2) is 0 Å². The molecule has 0 heterocycles. The van der Waals surface area contributed by atoms with Gasteiger partial charge in [-0.1, -0.05) is 40.0 Å². The average molecular weight is 255 g/mol. The van der Waals surface area contributed by atoms with Crippen LogP contribution in [0.2, 0.25) is 0 Å². The highest BCUT2D eigenvalue weighted by atomic mass is 16.3. The van der Waals surface area contributed by atoms with Crippen molar-refractivity contribution in [2.24, 2.45) is 23.0 Å². The van der Waals surface area contributed by atoms with Gasteiger partial charge in [0, 0.05) is 17.9 Å². The van der Waals surface area contributed by atoms with Crippen LogP contribution in [0.3, 0.4) is 0 Å². The lowest BCUT2D eigenvalue weighted by Crippen LogP contribution is -2.33. The molecule has 1 rings (SSSR count). The lowest BCUT2D eigenvalue weighted by molar-refractivity contribution is -0.128. The second-order valence-electron chi connectivity index (χ2n) is 6.86. The van der Waals surface area contributed by atoms with E-state index in [1.165, 1.54) is 12.8 Å². The summed E-state index contributed by atoms with van der Waals surface area (Å²) in [5.74, 6) is 1.35. The minimum Gasteiger partial charge on any atom is -0.395 e. The zero-order valence-corrected chi connectivity index (χ0v) is 12.1. The molecule has 0 aromatic carbocycles. The summed E-state index contributed by atoms with van der Waals surface area (Å²) in [5.41, 5.74) is 5.61. The van der Waals surface area contributed by atoms with Gasteiger partial charge >= 0.3 is 0 Å². The standard InChI is InChI=1S/C15H29NO2/c1-15(2,3)14(18)9-12-7-5-4-6-11(12)8-13(16)10-17/h11-13,17H,4-10,16H2,1-3H3/t11-,12+,13-/m0/s1. The highest BCUT2D eigenvalue weighted by Gasteiger charge is 2.31. The van der Waals surface area contributed by atoms with E-state index < -0.39 is 0 Å². The Morgan fingerprint density at radius 3 is 2.33 bits per heavy atom. The van der Waals surface area contributed by atoms with E-state index >= 15 is 0 Å². The Kier molecular flexibility index (Phi) is 5.80. The van der Waals surface area contributed by atoms with Crippen molar-refractivity contribution in [1.29, 1.82) is 0 Å². The molecule has 0 aromatic rings. The van der Waals surface area contributed by atoms with Gasteiger partial charge in [-0.2, -0.15) is 0 Å². The van der Waals surface area contributed by atoms with E-state index in [9.17, 15) is 4.79 Å². The van der Waals surface area contributed by atoms with Gasteiger partial charge in [0.15, 0.2) is 0 Å². The molecule has 1 aliphatic rings. The largest absolute Gasteiger partial charge is 0.395 e. The number of ketones is 1. The molecule has 1 fully saturated rings. The molecule has 0 radical (unpaired) electrons. The van der Waals surface area contributed by atoms with E-state index in [1.54, 1.807) is 0 Å². The number of Topliss-reactive ketones (excluding diaryl/α,β-unsaturated/α-hetero) is 1. The lowest BCUT2D eigenvalue weighted by atomic mass is 9.72. The molecular weight excluding hydrogens is 226 g/mol. The fourth-order valence-electron chi connectivity index (χ4n) is 2.87. The second kappa shape index (κ2) is 6.67. The second-order valence-corrected chi connectivity index (χ2v) is 6.86. The quantitative estimate of drug-likeness (QED) is 0.793. The summed E-state index contributed by atoms with van der Waals surface area (Å²) in [7, 11) is 0. The third-order valence-corrected chi connectivity index (χ3v) is 4.19. The van der Waals surface area contributed by atoms with E-state index in [0.29, 0.717) is 24.0 Å². The predicted octanol–water partition coefficient (Wildman–Crippen LogP) is 2.51. The zero-order chi connectivity index (χ0) is 13.8. The Balaban J connectivity index is 2.57. The Morgan fingerprint density at radius 1 is 1.28 bits per heavy atom. The third kappa shape index (κ3) is 4.69. The van der Waals surface area contributed by atoms with Gasteiger partial charge in [0.1, 0.15) is 5.78 Å². The fraction of sp³-hybridized carbons (Fsp3) is 0.933. The van der Waals surface area contributed by atoms with Gasteiger partial charge in [-0.3, -0.25) is 4.79 Å². The maximum atomic E-state index is 12.2. The number of nitrogens with two attached hydrogens (primary N) is 1. The molecule has 0 amide bonds. The first kappa shape index (κ1) is 15.6. The first-order chi connectivity index (χ1) is 8.34. The van der Waals surface area contributed by atoms with Crippen LogP contribution in [0.15, 0.2) is 0 Å². The molecule has 0 aromatic heterocycles. The molecule has 106 valence electrons. The molecular formula is C15H29NO2. The van der Waals surface area contributed by atoms with Crippen LogP contribution in [0.5, 0.6) is 0 Å². The smallest absolute Gasteiger partial charge is 0.138 e. The van der Waals surface area contributed by atoms with Crippen LogP contribution in [0.4, 0.5) is 0 Å². The average Bonchev–Trinajstić information content (AvgIpc) is 2.30. The van der Waals surface area contributed by atoms with Crippen molar-refractivity contribution in [3.63, 3.8) is 0 Å². The summed E-state index contributed by atoms with van der Waals surface area (Å²) in [6.45, 7) is 6.03. The van der Waals surface area contributed by atoms with Crippen LogP contribution in [-0.4, -0.2) is 23.5 Å². The van der Waals surface area contributed by atoms with Gasteiger partial charge in [0.05, 0.1) is 6.61 Å². The van der Waals surface area contributed by atoms with Crippen molar-refractivity contribution in [2.45, 2.75) is 65.3 Å². The monoisotopic (exact) mass is 255 g/mol. The van der Waals surface area contributed by atoms with Gasteiger partial charge in [-0.15, -0.1) is 0 Å². The summed E-state index contributed by atoms with van der Waals surface area (Å²) >= 11 is 0. The van der Waals surface area contributed by atoms with Gasteiger partial charge in [0.2, 0.25) is 0 Å². The van der Waals surface area contributed by atoms with Gasteiger partial charge in [-0.05, 0) is 24.7 Å². The van der Waals surface area contributed by atoms with Crippen molar-refractivity contribution in [1.82, 2.24) is 0 Å². The van der Waals surface area contributed by atoms with E-state index in [2.05, 4.69) is 0 Å². The van der Waals surface area contributed by atoms with Crippen molar-refractivity contribution in [3.8, 4) is 0 Å². The highest BCUT2D eigenvalue weighted by molar-refractivity contribution is 5.83. The summed E-state index contributed by atoms with van der Waals surface area (Å²) < 4.78 is 0. The SMILES string of the molecule is CC(C)(C)C(=O)C[C@H]1CCCC[C@H]1C[C@H](N)CO. The molecule has 0 unspecified atom stereocenters. The van der Waals surface area contributed by atoms with Crippen LogP contribution in [-0.2, 0) is 4.79 Å². The van der Waals surface area contributed by atoms with Gasteiger partial charge < -0.3 is 10.8 Å². The van der Waals surface area contributed by atoms with Crippen molar-refractivity contribution < 1.29 is 9.90 Å². The Morgan fingerprint density at radius 2 is 1.83 bits per heavy atom. The van der Waals surface area contributed by atoms with Crippen molar-refractivity contribution in [2.75, 3.05) is 6.61 Å². The number of hydrogen-bond donors (Lipinski definition) is 2. The summed E-state index contributed by atoms with van der Waals surface area (Å²) in [5, 5.41) is 9.07. The summed E-state index contributed by atoms with van der Waals surface area (Å²) in [6, 6.07) is -0.125. The van der Waals surface area contributed by atoms with E-state index in [4.69, 9.17) is 10.8 Å². The number of carbonyl (C=O) groups is 1. The molecule has 1 saturated carbocycles. The first-order valence-corrected chi connectivity index (χ1v) is 7.24. The van der Waals surface area contributed by atoms with Crippen LogP contribution in [0.1, 0.15) is 59.3 Å². The van der Waals surface area contributed by atoms with E-state index in [0.717, 1.165) is 19.3 Å². The normalized spacial score (nSPS) is 26.9. The first-order valence-electron chi connectivity index (χ1n) is 7.24. The number of aliphatic hydroxyl groups excluding tert-OH is 1. The topological polar surface area (TPSA) is 63.3 Å². The predicted molar refractivity (Wildman–Crippen MR) is 74.2 cm³/mol. The van der Waals surface area contributed by atoms with Crippen LogP contribution in [0.25, 0.3) is 0 Å². The maximum Gasteiger partial charge on any atom is 0.138 e. The number of aliphatic hydroxyl groups is 1. The van der Waals surface area contributed by atoms with Crippen molar-refractivity contribution in [3.05, 3.63) is 0 Å². The number of rotatable bonds is 5. The number of hydrogen-bond acceptors (Lipinski definition) is 3. The maximum absolute atomic E-state index is 12.2. The molecule has 0 bridgehead atoms. The van der Waals surface area contributed by atoms with E-state index in [1.807, 2.05) is 20.8 Å². The molecule has 3 atom stereocenters. The Labute approximate surface area is 111 Å². The summed E-state index contributed by atoms with van der Waals surface area (Å²) in [6.07, 6.45) is 6.32. The third-order valence-electron chi connectivity index (χ3n) is 4.19. The Bertz CT molecular complexity index is 270.